The summed E-state index contributed by atoms with van der Waals surface area (Å²) in [4.78, 5) is 8.38. The molecule has 0 aliphatic carbocycles. The van der Waals surface area contributed by atoms with Crippen molar-refractivity contribution < 1.29 is 9.13 Å². The van der Waals surface area contributed by atoms with Crippen LogP contribution in [-0.2, 0) is 0 Å². The van der Waals surface area contributed by atoms with E-state index in [2.05, 4.69) is 31.2 Å². The summed E-state index contributed by atoms with van der Waals surface area (Å²) in [5.41, 5.74) is 1.35. The third-order valence-corrected chi connectivity index (χ3v) is 3.58. The summed E-state index contributed by atoms with van der Waals surface area (Å²) in [6.07, 6.45) is 3.13. The molecule has 0 fully saturated rings. The Balaban J connectivity index is 2.53. The number of benzene rings is 1. The van der Waals surface area contributed by atoms with Crippen molar-refractivity contribution >= 4 is 15.9 Å². The molecule has 1 aromatic carbocycles. The van der Waals surface area contributed by atoms with Crippen molar-refractivity contribution in [2.75, 3.05) is 14.2 Å². The molecule has 0 bridgehead atoms. The molecule has 0 amide bonds. The maximum atomic E-state index is 13.6. The molecule has 19 heavy (non-hydrogen) atoms. The van der Waals surface area contributed by atoms with Crippen LogP contribution in [0, 0.1) is 5.82 Å². The van der Waals surface area contributed by atoms with Gasteiger partial charge in [0, 0.05) is 12.4 Å². The van der Waals surface area contributed by atoms with E-state index in [1.165, 1.54) is 13.2 Å². The average molecular weight is 326 g/mol. The van der Waals surface area contributed by atoms with Crippen LogP contribution in [0.3, 0.4) is 0 Å². The van der Waals surface area contributed by atoms with Crippen molar-refractivity contribution in [2.45, 2.75) is 6.04 Å². The van der Waals surface area contributed by atoms with E-state index < -0.39 is 0 Å². The van der Waals surface area contributed by atoms with Gasteiger partial charge in [0.15, 0.2) is 0 Å². The van der Waals surface area contributed by atoms with Gasteiger partial charge in [-0.3, -0.25) is 4.98 Å². The highest BCUT2D eigenvalue weighted by atomic mass is 79.9. The van der Waals surface area contributed by atoms with Gasteiger partial charge in [-0.15, -0.1) is 0 Å². The average Bonchev–Trinajstić information content (AvgIpc) is 2.45. The highest BCUT2D eigenvalue weighted by molar-refractivity contribution is 9.10. The van der Waals surface area contributed by atoms with E-state index in [0.717, 1.165) is 5.56 Å². The summed E-state index contributed by atoms with van der Waals surface area (Å²) in [5, 5.41) is 3.10. The van der Waals surface area contributed by atoms with E-state index in [1.807, 2.05) is 6.07 Å². The molecule has 0 spiro atoms. The van der Waals surface area contributed by atoms with E-state index in [-0.39, 0.29) is 11.9 Å². The summed E-state index contributed by atoms with van der Waals surface area (Å²) < 4.78 is 19.2. The summed E-state index contributed by atoms with van der Waals surface area (Å²) in [6, 6.07) is 4.56. The molecule has 6 heteroatoms. The topological polar surface area (TPSA) is 47.0 Å². The molecule has 1 N–H and O–H groups in total. The minimum Gasteiger partial charge on any atom is -0.480 e. The first-order valence-electron chi connectivity index (χ1n) is 5.65. The van der Waals surface area contributed by atoms with E-state index in [1.54, 1.807) is 25.5 Å². The van der Waals surface area contributed by atoms with E-state index in [9.17, 15) is 4.39 Å². The third-order valence-electron chi connectivity index (χ3n) is 2.74. The Morgan fingerprint density at radius 1 is 1.32 bits per heavy atom. The van der Waals surface area contributed by atoms with E-state index >= 15 is 0 Å². The quantitative estimate of drug-likeness (QED) is 0.938. The zero-order chi connectivity index (χ0) is 13.8. The number of halogens is 2. The minimum absolute atomic E-state index is 0.311. The van der Waals surface area contributed by atoms with Gasteiger partial charge in [0.1, 0.15) is 11.5 Å². The molecule has 4 nitrogen and oxygen atoms in total. The van der Waals surface area contributed by atoms with Crippen molar-refractivity contribution in [1.29, 1.82) is 0 Å². The SMILES string of the molecule is CNC(c1cccc(F)c1Br)c1nccnc1OC. The largest absolute Gasteiger partial charge is 0.480 e. The normalized spacial score (nSPS) is 12.2. The molecular weight excluding hydrogens is 313 g/mol. The number of ether oxygens (including phenoxy) is 1. The summed E-state index contributed by atoms with van der Waals surface area (Å²) in [7, 11) is 3.30. The highest BCUT2D eigenvalue weighted by Crippen LogP contribution is 2.32. The van der Waals surface area contributed by atoms with Gasteiger partial charge in [-0.05, 0) is 34.6 Å². The van der Waals surface area contributed by atoms with Gasteiger partial charge in [0.2, 0.25) is 5.88 Å². The van der Waals surface area contributed by atoms with Crippen LogP contribution < -0.4 is 10.1 Å². The molecule has 1 atom stereocenters. The van der Waals surface area contributed by atoms with Crippen LogP contribution in [0.5, 0.6) is 5.88 Å². The third kappa shape index (κ3) is 2.74. The van der Waals surface area contributed by atoms with Crippen LogP contribution in [0.15, 0.2) is 35.1 Å². The fraction of sp³-hybridized carbons (Fsp3) is 0.231. The molecule has 100 valence electrons. The Morgan fingerprint density at radius 2 is 2.05 bits per heavy atom. The molecule has 0 saturated carbocycles. The highest BCUT2D eigenvalue weighted by Gasteiger charge is 2.22. The minimum atomic E-state index is -0.319. The summed E-state index contributed by atoms with van der Waals surface area (Å²) >= 11 is 3.26. The first-order chi connectivity index (χ1) is 9.19. The van der Waals surface area contributed by atoms with E-state index in [4.69, 9.17) is 4.74 Å². The molecule has 0 aliphatic rings. The van der Waals surface area contributed by atoms with Gasteiger partial charge < -0.3 is 10.1 Å². The zero-order valence-corrected chi connectivity index (χ0v) is 12.1. The predicted molar refractivity (Wildman–Crippen MR) is 73.6 cm³/mol. The van der Waals surface area contributed by atoms with Gasteiger partial charge in [0.25, 0.3) is 0 Å². The van der Waals surface area contributed by atoms with Crippen molar-refractivity contribution in [3.8, 4) is 5.88 Å². The van der Waals surface area contributed by atoms with Crippen LogP contribution in [-0.4, -0.2) is 24.1 Å². The van der Waals surface area contributed by atoms with Crippen molar-refractivity contribution in [2.24, 2.45) is 0 Å². The lowest BCUT2D eigenvalue weighted by atomic mass is 10.0. The number of methoxy groups -OCH3 is 1. The van der Waals surface area contributed by atoms with Gasteiger partial charge >= 0.3 is 0 Å². The fourth-order valence-corrected chi connectivity index (χ4v) is 2.37. The number of hydrogen-bond donors (Lipinski definition) is 1. The lowest BCUT2D eigenvalue weighted by Crippen LogP contribution is -2.20. The number of nitrogens with zero attached hydrogens (tertiary/aromatic N) is 2. The molecular formula is C13H13BrFN3O. The van der Waals surface area contributed by atoms with Crippen molar-refractivity contribution in [1.82, 2.24) is 15.3 Å². The van der Waals surface area contributed by atoms with Gasteiger partial charge in [0.05, 0.1) is 17.6 Å². The van der Waals surface area contributed by atoms with Crippen LogP contribution in [0.1, 0.15) is 17.3 Å². The van der Waals surface area contributed by atoms with Crippen LogP contribution in [0.4, 0.5) is 4.39 Å². The molecule has 2 aromatic rings. The standard InChI is InChI=1S/C13H13BrFN3O/c1-16-11(8-4-3-5-9(15)10(8)14)12-13(19-2)18-7-6-17-12/h3-7,11,16H,1-2H3. The first kappa shape index (κ1) is 13.9. The van der Waals surface area contributed by atoms with Crippen LogP contribution in [0.25, 0.3) is 0 Å². The Bertz CT molecular complexity index is 580. The summed E-state index contributed by atoms with van der Waals surface area (Å²) in [6.45, 7) is 0. The maximum Gasteiger partial charge on any atom is 0.237 e. The fourth-order valence-electron chi connectivity index (χ4n) is 1.87. The lowest BCUT2D eigenvalue weighted by molar-refractivity contribution is 0.384. The molecule has 1 heterocycles. The Hall–Kier alpha value is -1.53. The van der Waals surface area contributed by atoms with Gasteiger partial charge in [-0.1, -0.05) is 12.1 Å². The Labute approximate surface area is 119 Å². The Morgan fingerprint density at radius 3 is 2.74 bits per heavy atom. The van der Waals surface area contributed by atoms with Gasteiger partial charge in [-0.25, -0.2) is 9.37 Å². The van der Waals surface area contributed by atoms with Gasteiger partial charge in [-0.2, -0.15) is 0 Å². The number of rotatable bonds is 4. The second-order valence-corrected chi connectivity index (χ2v) is 4.61. The molecule has 1 aromatic heterocycles. The molecule has 1 unspecified atom stereocenters. The van der Waals surface area contributed by atoms with Crippen molar-refractivity contribution in [3.63, 3.8) is 0 Å². The number of aromatic nitrogens is 2. The molecule has 0 aliphatic heterocycles. The lowest BCUT2D eigenvalue weighted by Gasteiger charge is -2.19. The first-order valence-corrected chi connectivity index (χ1v) is 6.44. The molecule has 0 radical (unpaired) electrons. The zero-order valence-electron chi connectivity index (χ0n) is 10.5. The van der Waals surface area contributed by atoms with Crippen molar-refractivity contribution in [3.05, 3.63) is 52.1 Å². The predicted octanol–water partition coefficient (Wildman–Crippen LogP) is 2.70. The molecule has 0 saturated heterocycles. The second kappa shape index (κ2) is 6.08. The molecule has 2 rings (SSSR count). The summed E-state index contributed by atoms with van der Waals surface area (Å²) in [5.74, 6) is 0.0959. The number of nitrogens with one attached hydrogen (secondary N) is 1. The second-order valence-electron chi connectivity index (χ2n) is 3.82. The Kier molecular flexibility index (Phi) is 4.44. The monoisotopic (exact) mass is 325 g/mol. The van der Waals surface area contributed by atoms with Crippen LogP contribution >= 0.6 is 15.9 Å². The smallest absolute Gasteiger partial charge is 0.237 e. The maximum absolute atomic E-state index is 13.6. The number of hydrogen-bond acceptors (Lipinski definition) is 4. The van der Waals surface area contributed by atoms with E-state index in [0.29, 0.717) is 16.0 Å². The van der Waals surface area contributed by atoms with Crippen LogP contribution in [0.2, 0.25) is 0 Å².